The lowest BCUT2D eigenvalue weighted by molar-refractivity contribution is 0.628. The second-order valence-corrected chi connectivity index (χ2v) is 5.68. The molecule has 0 unspecified atom stereocenters. The summed E-state index contributed by atoms with van der Waals surface area (Å²) >= 11 is 0. The van der Waals surface area contributed by atoms with Gasteiger partial charge in [-0.3, -0.25) is 9.89 Å². The number of fused-ring (bicyclic) bond motifs is 1. The van der Waals surface area contributed by atoms with Crippen LogP contribution >= 0.6 is 0 Å². The minimum absolute atomic E-state index is 0.179. The Morgan fingerprint density at radius 1 is 1.00 bits per heavy atom. The van der Waals surface area contributed by atoms with Gasteiger partial charge in [0, 0.05) is 6.20 Å². The first kappa shape index (κ1) is 14.4. The number of halogens is 1. The number of H-pyrrole nitrogens is 1. The van der Waals surface area contributed by atoms with Crippen LogP contribution < -0.4 is 5.56 Å². The molecule has 24 heavy (non-hydrogen) atoms. The van der Waals surface area contributed by atoms with Gasteiger partial charge in [-0.15, -0.1) is 0 Å². The number of rotatable bonds is 2. The molecule has 118 valence electrons. The summed E-state index contributed by atoms with van der Waals surface area (Å²) < 4.78 is 14.6. The summed E-state index contributed by atoms with van der Waals surface area (Å²) in [4.78, 5) is 17.2. The monoisotopic (exact) mass is 319 g/mol. The Labute approximate surface area is 137 Å². The van der Waals surface area contributed by atoms with Crippen LogP contribution in [-0.4, -0.2) is 14.8 Å². The fraction of sp³-hybridized carbons (Fsp3) is 0.0526. The molecule has 2 heterocycles. The van der Waals surface area contributed by atoms with E-state index in [4.69, 9.17) is 0 Å². The van der Waals surface area contributed by atoms with E-state index < -0.39 is 0 Å². The lowest BCUT2D eigenvalue weighted by Gasteiger charge is -2.02. The zero-order chi connectivity index (χ0) is 16.7. The summed E-state index contributed by atoms with van der Waals surface area (Å²) in [6.07, 6.45) is 1.64. The highest BCUT2D eigenvalue weighted by Gasteiger charge is 2.14. The maximum absolute atomic E-state index is 13.2. The fourth-order valence-corrected chi connectivity index (χ4v) is 2.78. The number of pyridine rings is 1. The van der Waals surface area contributed by atoms with Crippen LogP contribution in [0, 0.1) is 12.7 Å². The number of hydrogen-bond acceptors (Lipinski definition) is 2. The molecule has 0 saturated carbocycles. The van der Waals surface area contributed by atoms with Crippen molar-refractivity contribution in [3.63, 3.8) is 0 Å². The van der Waals surface area contributed by atoms with Gasteiger partial charge in [0.25, 0.3) is 5.56 Å². The van der Waals surface area contributed by atoms with E-state index in [1.807, 2.05) is 31.2 Å². The van der Waals surface area contributed by atoms with Crippen molar-refractivity contribution in [2.24, 2.45) is 0 Å². The molecular weight excluding hydrogens is 305 g/mol. The molecule has 4 rings (SSSR count). The second-order valence-electron chi connectivity index (χ2n) is 5.68. The van der Waals surface area contributed by atoms with Gasteiger partial charge in [-0.05, 0) is 48.4 Å². The van der Waals surface area contributed by atoms with Crippen molar-refractivity contribution >= 4 is 11.0 Å². The number of benzene rings is 2. The molecule has 2 aromatic heterocycles. The molecule has 2 aromatic carbocycles. The number of aromatic nitrogens is 3. The number of nitrogens with zero attached hydrogens (tertiary/aromatic N) is 2. The highest BCUT2D eigenvalue weighted by atomic mass is 19.1. The Bertz CT molecular complexity index is 1080. The van der Waals surface area contributed by atoms with Gasteiger partial charge in [0.1, 0.15) is 5.82 Å². The number of aryl methyl sites for hydroxylation is 1. The van der Waals surface area contributed by atoms with Crippen LogP contribution in [0.4, 0.5) is 4.39 Å². The zero-order valence-corrected chi connectivity index (χ0v) is 13.0. The summed E-state index contributed by atoms with van der Waals surface area (Å²) in [6, 6.07) is 15.5. The standard InChI is InChI=1S/C19H14FN3O/c1-12-2-8-15(9-3-12)23-19(24)17-16(10-11-21-18(17)22-23)13-4-6-14(20)7-5-13/h2-11H,1H3,(H,21,22). The minimum atomic E-state index is -0.310. The fourth-order valence-electron chi connectivity index (χ4n) is 2.78. The summed E-state index contributed by atoms with van der Waals surface area (Å²) in [6.45, 7) is 1.99. The van der Waals surface area contributed by atoms with Crippen molar-refractivity contribution < 1.29 is 4.39 Å². The Hall–Kier alpha value is -3.21. The van der Waals surface area contributed by atoms with Crippen LogP contribution in [0.1, 0.15) is 5.56 Å². The molecule has 4 aromatic rings. The Morgan fingerprint density at radius 2 is 1.71 bits per heavy atom. The second kappa shape index (κ2) is 5.45. The number of hydrogen-bond donors (Lipinski definition) is 1. The average molecular weight is 319 g/mol. The smallest absolute Gasteiger partial charge is 0.274 e. The molecule has 0 radical (unpaired) electrons. The summed E-state index contributed by atoms with van der Waals surface area (Å²) in [7, 11) is 0. The maximum Gasteiger partial charge on any atom is 0.281 e. The van der Waals surface area contributed by atoms with Gasteiger partial charge in [0.15, 0.2) is 5.65 Å². The molecule has 0 saturated heterocycles. The first-order chi connectivity index (χ1) is 11.6. The zero-order valence-electron chi connectivity index (χ0n) is 13.0. The van der Waals surface area contributed by atoms with Gasteiger partial charge in [-0.25, -0.2) is 14.1 Å². The van der Waals surface area contributed by atoms with E-state index in [-0.39, 0.29) is 11.4 Å². The van der Waals surface area contributed by atoms with E-state index in [1.54, 1.807) is 24.4 Å². The van der Waals surface area contributed by atoms with E-state index in [9.17, 15) is 9.18 Å². The van der Waals surface area contributed by atoms with Crippen LogP contribution in [0.25, 0.3) is 27.8 Å². The van der Waals surface area contributed by atoms with Crippen LogP contribution in [0.15, 0.2) is 65.6 Å². The molecular formula is C19H14FN3O. The van der Waals surface area contributed by atoms with Gasteiger partial charge in [-0.2, -0.15) is 0 Å². The van der Waals surface area contributed by atoms with Crippen molar-refractivity contribution in [3.05, 3.63) is 82.5 Å². The third-order valence-corrected chi connectivity index (χ3v) is 4.03. The SMILES string of the molecule is Cc1ccc(-n2[nH]c3nccc(-c4ccc(F)cc4)c3c2=O)cc1. The molecule has 0 atom stereocenters. The number of aromatic amines is 1. The molecule has 0 bridgehead atoms. The van der Waals surface area contributed by atoms with E-state index in [0.717, 1.165) is 22.4 Å². The molecule has 0 spiro atoms. The lowest BCUT2D eigenvalue weighted by atomic mass is 10.0. The summed E-state index contributed by atoms with van der Waals surface area (Å²) in [5.41, 5.74) is 3.69. The normalized spacial score (nSPS) is 11.1. The van der Waals surface area contributed by atoms with Gasteiger partial charge in [-0.1, -0.05) is 29.8 Å². The van der Waals surface area contributed by atoms with Gasteiger partial charge in [0.2, 0.25) is 0 Å². The Morgan fingerprint density at radius 3 is 2.42 bits per heavy atom. The highest BCUT2D eigenvalue weighted by molar-refractivity contribution is 5.92. The molecule has 0 amide bonds. The Kier molecular flexibility index (Phi) is 3.27. The van der Waals surface area contributed by atoms with E-state index in [1.165, 1.54) is 16.8 Å². The van der Waals surface area contributed by atoms with Gasteiger partial charge in [0.05, 0.1) is 11.1 Å². The quantitative estimate of drug-likeness (QED) is 0.610. The molecule has 0 fully saturated rings. The molecule has 5 heteroatoms. The van der Waals surface area contributed by atoms with Gasteiger partial charge < -0.3 is 0 Å². The number of nitrogens with one attached hydrogen (secondary N) is 1. The van der Waals surface area contributed by atoms with Crippen LogP contribution in [0.5, 0.6) is 0 Å². The minimum Gasteiger partial charge on any atom is -0.274 e. The average Bonchev–Trinajstić information content (AvgIpc) is 2.93. The van der Waals surface area contributed by atoms with E-state index >= 15 is 0 Å². The van der Waals surface area contributed by atoms with Crippen molar-refractivity contribution in [2.75, 3.05) is 0 Å². The third kappa shape index (κ3) is 2.31. The molecule has 0 aliphatic carbocycles. The largest absolute Gasteiger partial charge is 0.281 e. The molecule has 0 aliphatic rings. The molecule has 0 aliphatic heterocycles. The molecule has 4 nitrogen and oxygen atoms in total. The third-order valence-electron chi connectivity index (χ3n) is 4.03. The molecule has 1 N–H and O–H groups in total. The summed E-state index contributed by atoms with van der Waals surface area (Å²) in [5.74, 6) is -0.310. The highest BCUT2D eigenvalue weighted by Crippen LogP contribution is 2.25. The van der Waals surface area contributed by atoms with Crippen LogP contribution in [-0.2, 0) is 0 Å². The lowest BCUT2D eigenvalue weighted by Crippen LogP contribution is -2.14. The maximum atomic E-state index is 13.2. The van der Waals surface area contributed by atoms with Crippen molar-refractivity contribution in [1.82, 2.24) is 14.8 Å². The van der Waals surface area contributed by atoms with Crippen molar-refractivity contribution in [1.29, 1.82) is 0 Å². The topological polar surface area (TPSA) is 50.7 Å². The summed E-state index contributed by atoms with van der Waals surface area (Å²) in [5, 5.41) is 3.53. The van der Waals surface area contributed by atoms with Crippen LogP contribution in [0.2, 0.25) is 0 Å². The van der Waals surface area contributed by atoms with Crippen molar-refractivity contribution in [2.45, 2.75) is 6.92 Å². The first-order valence-electron chi connectivity index (χ1n) is 7.56. The van der Waals surface area contributed by atoms with E-state index in [2.05, 4.69) is 10.1 Å². The Balaban J connectivity index is 1.96. The van der Waals surface area contributed by atoms with Crippen molar-refractivity contribution in [3.8, 4) is 16.8 Å². The predicted octanol–water partition coefficient (Wildman–Crippen LogP) is 3.83. The van der Waals surface area contributed by atoms with Gasteiger partial charge >= 0.3 is 0 Å². The predicted molar refractivity (Wildman–Crippen MR) is 91.8 cm³/mol. The van der Waals surface area contributed by atoms with E-state index in [0.29, 0.717) is 11.0 Å². The first-order valence-corrected chi connectivity index (χ1v) is 7.56. The van der Waals surface area contributed by atoms with Crippen LogP contribution in [0.3, 0.4) is 0 Å².